The Morgan fingerprint density at radius 2 is 2.20 bits per heavy atom. The fraction of sp³-hybridized carbons (Fsp3) is 1.00. The first-order valence-electron chi connectivity index (χ1n) is 3.86. The Balaban J connectivity index is 2.07. The first-order valence-corrected chi connectivity index (χ1v) is 3.86. The Hall–Kier alpha value is -0.0800. The van der Waals surface area contributed by atoms with Crippen LogP contribution in [0.3, 0.4) is 0 Å². The molecule has 2 unspecified atom stereocenters. The Morgan fingerprint density at radius 1 is 1.70 bits per heavy atom. The molecule has 2 atom stereocenters. The van der Waals surface area contributed by atoms with E-state index in [1.165, 1.54) is 0 Å². The zero-order valence-corrected chi connectivity index (χ0v) is 6.92. The van der Waals surface area contributed by atoms with E-state index in [-0.39, 0.29) is 6.10 Å². The lowest BCUT2D eigenvalue weighted by molar-refractivity contribution is 0.0472. The average Bonchev–Trinajstić information content (AvgIpc) is 2.35. The van der Waals surface area contributed by atoms with E-state index in [1.54, 1.807) is 0 Å². The van der Waals surface area contributed by atoms with Gasteiger partial charge in [0.15, 0.2) is 0 Å². The highest BCUT2D eigenvalue weighted by Crippen LogP contribution is 2.42. The van der Waals surface area contributed by atoms with Crippen LogP contribution in [0.2, 0.25) is 0 Å². The quantitative estimate of drug-likeness (QED) is 0.644. The number of aliphatic hydroxyl groups is 1. The minimum Gasteiger partial charge on any atom is -0.390 e. The Kier molecular flexibility index (Phi) is 2.02. The molecule has 1 rings (SSSR count). The van der Waals surface area contributed by atoms with Crippen molar-refractivity contribution in [3.8, 4) is 0 Å². The van der Waals surface area contributed by atoms with E-state index in [0.29, 0.717) is 12.5 Å². The lowest BCUT2D eigenvalue weighted by Gasteiger charge is -2.07. The molecule has 1 aliphatic rings. The molecule has 0 aromatic rings. The van der Waals surface area contributed by atoms with E-state index in [4.69, 9.17) is 4.74 Å². The van der Waals surface area contributed by atoms with Crippen molar-refractivity contribution in [2.45, 2.75) is 38.9 Å². The highest BCUT2D eigenvalue weighted by atomic mass is 16.5. The largest absolute Gasteiger partial charge is 0.390 e. The Bertz CT molecular complexity index is 118. The van der Waals surface area contributed by atoms with Crippen molar-refractivity contribution in [1.82, 2.24) is 0 Å². The van der Waals surface area contributed by atoms with E-state index in [2.05, 4.69) is 0 Å². The maximum atomic E-state index is 9.32. The van der Waals surface area contributed by atoms with Crippen LogP contribution in [0.5, 0.6) is 0 Å². The second-order valence-corrected chi connectivity index (χ2v) is 3.64. The average molecular weight is 144 g/mol. The molecular formula is C8H16O2. The lowest BCUT2D eigenvalue weighted by atomic mass is 10.3. The van der Waals surface area contributed by atoms with Gasteiger partial charge in [0, 0.05) is 5.92 Å². The summed E-state index contributed by atoms with van der Waals surface area (Å²) in [5.74, 6) is 0.384. The van der Waals surface area contributed by atoms with Gasteiger partial charge in [-0.2, -0.15) is 0 Å². The third kappa shape index (κ3) is 1.96. The third-order valence-electron chi connectivity index (χ3n) is 2.01. The standard InChI is InChI=1S/C8H16O2/c1-6(2)10-5-7-4-8(7,3)9/h6-7,9H,4-5H2,1-3H3. The molecule has 0 radical (unpaired) electrons. The molecule has 0 amide bonds. The van der Waals surface area contributed by atoms with Crippen molar-refractivity contribution >= 4 is 0 Å². The van der Waals surface area contributed by atoms with Crippen LogP contribution in [0, 0.1) is 5.92 Å². The van der Waals surface area contributed by atoms with Gasteiger partial charge in [-0.05, 0) is 27.2 Å². The summed E-state index contributed by atoms with van der Waals surface area (Å²) >= 11 is 0. The molecular weight excluding hydrogens is 128 g/mol. The summed E-state index contributed by atoms with van der Waals surface area (Å²) in [6, 6.07) is 0. The van der Waals surface area contributed by atoms with Gasteiger partial charge in [0.25, 0.3) is 0 Å². The molecule has 60 valence electrons. The zero-order chi connectivity index (χ0) is 7.78. The molecule has 1 saturated carbocycles. The van der Waals surface area contributed by atoms with Crippen molar-refractivity contribution in [3.05, 3.63) is 0 Å². The summed E-state index contributed by atoms with van der Waals surface area (Å²) in [6.07, 6.45) is 1.19. The molecule has 0 bridgehead atoms. The number of hydrogen-bond donors (Lipinski definition) is 1. The molecule has 2 heteroatoms. The first-order chi connectivity index (χ1) is 4.52. The van der Waals surface area contributed by atoms with Crippen LogP contribution in [0.4, 0.5) is 0 Å². The van der Waals surface area contributed by atoms with Crippen LogP contribution in [0.1, 0.15) is 27.2 Å². The van der Waals surface area contributed by atoms with Crippen LogP contribution in [0.15, 0.2) is 0 Å². The fourth-order valence-corrected chi connectivity index (χ4v) is 0.987. The topological polar surface area (TPSA) is 29.5 Å². The smallest absolute Gasteiger partial charge is 0.0675 e. The molecule has 0 aromatic heterocycles. The number of rotatable bonds is 3. The Labute approximate surface area is 62.2 Å². The molecule has 0 aromatic carbocycles. The molecule has 0 spiro atoms. The van der Waals surface area contributed by atoms with Crippen molar-refractivity contribution < 1.29 is 9.84 Å². The summed E-state index contributed by atoms with van der Waals surface area (Å²) in [5.41, 5.74) is -0.422. The monoisotopic (exact) mass is 144 g/mol. The van der Waals surface area contributed by atoms with Gasteiger partial charge in [-0.1, -0.05) is 0 Å². The molecule has 0 heterocycles. The predicted molar refractivity (Wildman–Crippen MR) is 39.8 cm³/mol. The Morgan fingerprint density at radius 3 is 2.50 bits per heavy atom. The third-order valence-corrected chi connectivity index (χ3v) is 2.01. The van der Waals surface area contributed by atoms with Gasteiger partial charge in [-0.3, -0.25) is 0 Å². The number of hydrogen-bond acceptors (Lipinski definition) is 2. The lowest BCUT2D eigenvalue weighted by Crippen LogP contribution is -2.11. The SMILES string of the molecule is CC(C)OCC1CC1(C)O. The van der Waals surface area contributed by atoms with Crippen molar-refractivity contribution in [3.63, 3.8) is 0 Å². The molecule has 1 fully saturated rings. The molecule has 0 aliphatic heterocycles. The van der Waals surface area contributed by atoms with Gasteiger partial charge in [-0.25, -0.2) is 0 Å². The second kappa shape index (κ2) is 2.51. The predicted octanol–water partition coefficient (Wildman–Crippen LogP) is 1.18. The summed E-state index contributed by atoms with van der Waals surface area (Å²) in [4.78, 5) is 0. The van der Waals surface area contributed by atoms with Gasteiger partial charge in [0.2, 0.25) is 0 Å². The molecule has 2 nitrogen and oxygen atoms in total. The molecule has 1 aliphatic carbocycles. The van der Waals surface area contributed by atoms with Gasteiger partial charge in [-0.15, -0.1) is 0 Å². The van der Waals surface area contributed by atoms with Crippen LogP contribution in [-0.2, 0) is 4.74 Å². The minimum atomic E-state index is -0.422. The van der Waals surface area contributed by atoms with Gasteiger partial charge >= 0.3 is 0 Å². The summed E-state index contributed by atoms with van der Waals surface area (Å²) in [5, 5.41) is 9.32. The zero-order valence-electron chi connectivity index (χ0n) is 6.92. The van der Waals surface area contributed by atoms with Crippen LogP contribution in [0.25, 0.3) is 0 Å². The van der Waals surface area contributed by atoms with Crippen LogP contribution < -0.4 is 0 Å². The summed E-state index contributed by atoms with van der Waals surface area (Å²) in [7, 11) is 0. The highest BCUT2D eigenvalue weighted by Gasteiger charge is 2.48. The molecule has 10 heavy (non-hydrogen) atoms. The highest BCUT2D eigenvalue weighted by molar-refractivity contribution is 4.99. The fourth-order valence-electron chi connectivity index (χ4n) is 0.987. The first kappa shape index (κ1) is 8.02. The summed E-state index contributed by atoms with van der Waals surface area (Å²) in [6.45, 7) is 6.60. The maximum Gasteiger partial charge on any atom is 0.0675 e. The van der Waals surface area contributed by atoms with Gasteiger partial charge in [0.05, 0.1) is 18.3 Å². The van der Waals surface area contributed by atoms with Crippen molar-refractivity contribution in [2.75, 3.05) is 6.61 Å². The van der Waals surface area contributed by atoms with E-state index < -0.39 is 5.60 Å². The van der Waals surface area contributed by atoms with Crippen LogP contribution >= 0.6 is 0 Å². The molecule has 0 saturated heterocycles. The van der Waals surface area contributed by atoms with E-state index in [1.807, 2.05) is 20.8 Å². The normalized spacial score (nSPS) is 38.7. The maximum absolute atomic E-state index is 9.32. The van der Waals surface area contributed by atoms with E-state index in [9.17, 15) is 5.11 Å². The van der Waals surface area contributed by atoms with Crippen LogP contribution in [-0.4, -0.2) is 23.4 Å². The van der Waals surface area contributed by atoms with Gasteiger partial charge < -0.3 is 9.84 Å². The van der Waals surface area contributed by atoms with Crippen molar-refractivity contribution in [1.29, 1.82) is 0 Å². The minimum absolute atomic E-state index is 0.288. The van der Waals surface area contributed by atoms with Crippen molar-refractivity contribution in [2.24, 2.45) is 5.92 Å². The molecule has 1 N–H and O–H groups in total. The van der Waals surface area contributed by atoms with Gasteiger partial charge in [0.1, 0.15) is 0 Å². The van der Waals surface area contributed by atoms with E-state index >= 15 is 0 Å². The second-order valence-electron chi connectivity index (χ2n) is 3.64. The number of ether oxygens (including phenoxy) is 1. The summed E-state index contributed by atoms with van der Waals surface area (Å²) < 4.78 is 5.34. The van der Waals surface area contributed by atoms with E-state index in [0.717, 1.165) is 6.42 Å².